The topological polar surface area (TPSA) is 316 Å². The van der Waals surface area contributed by atoms with E-state index in [9.17, 15) is 50.4 Å². The molecular formula is C30H66N2O18Si2. The molecule has 0 unspecified atom stereocenters. The van der Waals surface area contributed by atoms with Crippen molar-refractivity contribution in [1.29, 1.82) is 0 Å². The maximum absolute atomic E-state index is 11.8. The van der Waals surface area contributed by atoms with E-state index in [4.69, 9.17) is 36.8 Å². The van der Waals surface area contributed by atoms with Crippen LogP contribution in [0.3, 0.4) is 0 Å². The number of aliphatic hydroxyl groups excluding tert-OH is 10. The second-order valence-corrected chi connectivity index (χ2v) is 16.6. The van der Waals surface area contributed by atoms with Crippen molar-refractivity contribution in [3.05, 3.63) is 0 Å². The number of nitrogens with one attached hydrogen (secondary N) is 2. The van der Waals surface area contributed by atoms with E-state index in [1.807, 2.05) is 41.5 Å². The summed E-state index contributed by atoms with van der Waals surface area (Å²) >= 11 is 0. The zero-order valence-corrected chi connectivity index (χ0v) is 33.3. The van der Waals surface area contributed by atoms with Gasteiger partial charge in [0.2, 0.25) is 0 Å². The summed E-state index contributed by atoms with van der Waals surface area (Å²) in [5.41, 5.74) is 0. The van der Waals surface area contributed by atoms with Gasteiger partial charge in [-0.05, 0) is 54.4 Å². The average Bonchev–Trinajstić information content (AvgIpc) is 3.13. The van der Waals surface area contributed by atoms with E-state index >= 15 is 0 Å². The van der Waals surface area contributed by atoms with E-state index in [-0.39, 0.29) is 13.1 Å². The van der Waals surface area contributed by atoms with E-state index in [1.54, 1.807) is 0 Å². The van der Waals surface area contributed by atoms with Crippen molar-refractivity contribution in [2.45, 2.75) is 115 Å². The molecule has 0 bridgehead atoms. The van der Waals surface area contributed by atoms with Crippen LogP contribution in [0.25, 0.3) is 0 Å². The third-order valence-electron chi connectivity index (χ3n) is 7.15. The van der Waals surface area contributed by atoms with Gasteiger partial charge in [0.15, 0.2) is 12.2 Å². The number of aliphatic hydroxyl groups is 10. The summed E-state index contributed by atoms with van der Waals surface area (Å²) in [7, 11) is -5.64. The number of amides is 2. The molecule has 0 fully saturated rings. The molecule has 0 aromatic heterocycles. The van der Waals surface area contributed by atoms with Gasteiger partial charge >= 0.3 is 17.6 Å². The van der Waals surface area contributed by atoms with Crippen molar-refractivity contribution in [2.24, 2.45) is 0 Å². The summed E-state index contributed by atoms with van der Waals surface area (Å²) in [6.07, 6.45) is -13.9. The molecule has 0 aromatic carbocycles. The van der Waals surface area contributed by atoms with Crippen LogP contribution in [0.5, 0.6) is 0 Å². The smallest absolute Gasteiger partial charge is 0.394 e. The van der Waals surface area contributed by atoms with Crippen molar-refractivity contribution in [2.75, 3.05) is 65.9 Å². The molecule has 0 aliphatic heterocycles. The minimum atomic E-state index is -2.82. The Labute approximate surface area is 308 Å². The highest BCUT2D eigenvalue weighted by Gasteiger charge is 2.41. The zero-order chi connectivity index (χ0) is 40.3. The maximum Gasteiger partial charge on any atom is 0.500 e. The van der Waals surface area contributed by atoms with Crippen molar-refractivity contribution in [3.8, 4) is 0 Å². The van der Waals surface area contributed by atoms with Gasteiger partial charge in [-0.15, -0.1) is 0 Å². The van der Waals surface area contributed by atoms with Crippen molar-refractivity contribution in [1.82, 2.24) is 10.6 Å². The molecule has 0 saturated heterocycles. The minimum Gasteiger partial charge on any atom is -0.394 e. The summed E-state index contributed by atoms with van der Waals surface area (Å²) in [6.45, 7) is 12.4. The molecule has 0 spiro atoms. The lowest BCUT2D eigenvalue weighted by Gasteiger charge is -2.28. The number of rotatable bonds is 30. The molecule has 0 radical (unpaired) electrons. The van der Waals surface area contributed by atoms with Gasteiger partial charge in [0.25, 0.3) is 11.8 Å². The third-order valence-corrected chi connectivity index (χ3v) is 13.5. The minimum absolute atomic E-state index is 0.170. The Morgan fingerprint density at radius 3 is 0.942 bits per heavy atom. The van der Waals surface area contributed by atoms with E-state index in [1.165, 1.54) is 0 Å². The summed E-state index contributed by atoms with van der Waals surface area (Å²) in [5, 5.41) is 98.6. The summed E-state index contributed by atoms with van der Waals surface area (Å²) in [4.78, 5) is 23.7. The zero-order valence-electron chi connectivity index (χ0n) is 31.3. The van der Waals surface area contributed by atoms with Gasteiger partial charge in [-0.2, -0.15) is 0 Å². The third kappa shape index (κ3) is 19.9. The van der Waals surface area contributed by atoms with Gasteiger partial charge in [0.05, 0.1) is 13.2 Å². The van der Waals surface area contributed by atoms with Crippen LogP contribution in [-0.4, -0.2) is 195 Å². The SMILES string of the molecule is CCO[Si](CCCNC(=O)[C@H](O)[C@@H](O)[C@H](O)[C@H](O)CO)(OCC)OCC.CCO[Si](CCCNC(=O)[C@H](O)[C@@H](O)[C@H](O)[C@H](O)CO)(OCC)OCC. The molecule has 0 aliphatic rings. The van der Waals surface area contributed by atoms with Crippen LogP contribution in [0.15, 0.2) is 0 Å². The lowest BCUT2D eigenvalue weighted by molar-refractivity contribution is -0.149. The first-order chi connectivity index (χ1) is 24.6. The summed E-state index contributed by atoms with van der Waals surface area (Å²) < 4.78 is 34.1. The highest BCUT2D eigenvalue weighted by molar-refractivity contribution is 6.61. The lowest BCUT2D eigenvalue weighted by atomic mass is 10.0. The van der Waals surface area contributed by atoms with E-state index in [0.29, 0.717) is 64.6 Å². The molecule has 2 amide bonds. The van der Waals surface area contributed by atoms with Crippen LogP contribution in [-0.2, 0) is 36.1 Å². The first kappa shape index (κ1) is 52.8. The van der Waals surface area contributed by atoms with Crippen LogP contribution in [0, 0.1) is 0 Å². The predicted octanol–water partition coefficient (Wildman–Crippen LogP) is -4.05. The average molecular weight is 799 g/mol. The highest BCUT2D eigenvalue weighted by Crippen LogP contribution is 2.19. The Balaban J connectivity index is 0. The fourth-order valence-corrected chi connectivity index (χ4v) is 9.82. The Bertz CT molecular complexity index is 812. The Morgan fingerprint density at radius 2 is 0.731 bits per heavy atom. The van der Waals surface area contributed by atoms with Crippen molar-refractivity contribution >= 4 is 29.4 Å². The van der Waals surface area contributed by atoms with Crippen molar-refractivity contribution < 1.29 is 87.2 Å². The molecule has 8 atom stereocenters. The number of hydrogen-bond acceptors (Lipinski definition) is 18. The first-order valence-electron chi connectivity index (χ1n) is 17.6. The molecule has 20 nitrogen and oxygen atoms in total. The van der Waals surface area contributed by atoms with Gasteiger partial charge < -0.3 is 88.3 Å². The number of carbonyl (C=O) groups is 2. The summed E-state index contributed by atoms with van der Waals surface area (Å²) in [5.74, 6) is -1.81. The Kier molecular flexibility index (Phi) is 30.5. The van der Waals surface area contributed by atoms with Gasteiger partial charge in [-0.25, -0.2) is 0 Å². The van der Waals surface area contributed by atoms with Crippen LogP contribution in [0.2, 0.25) is 12.1 Å². The molecule has 12 N–H and O–H groups in total. The van der Waals surface area contributed by atoms with E-state index in [0.717, 1.165) is 0 Å². The lowest BCUT2D eigenvalue weighted by Crippen LogP contribution is -2.52. The van der Waals surface area contributed by atoms with Gasteiger partial charge in [-0.1, -0.05) is 0 Å². The summed E-state index contributed by atoms with van der Waals surface area (Å²) in [6, 6.07) is 0.931. The van der Waals surface area contributed by atoms with Crippen LogP contribution >= 0.6 is 0 Å². The standard InChI is InChI=1S/2C15H33NO9Si/c2*1-4-23-26(24-5-2,25-6-3)9-7-8-16-15(22)14(21)13(20)12(19)11(18)10-17/h2*11-14,17-21H,4-10H2,1-3H3,(H,16,22)/t2*11-,12-,13+,14-/m11/s1. The molecule has 0 aliphatic carbocycles. The van der Waals surface area contributed by atoms with Crippen molar-refractivity contribution in [3.63, 3.8) is 0 Å². The van der Waals surface area contributed by atoms with Gasteiger partial charge in [0, 0.05) is 64.8 Å². The van der Waals surface area contributed by atoms with Crippen LogP contribution in [0.4, 0.5) is 0 Å². The molecule has 312 valence electrons. The second kappa shape index (κ2) is 30.0. The van der Waals surface area contributed by atoms with Crippen LogP contribution in [0.1, 0.15) is 54.4 Å². The fraction of sp³-hybridized carbons (Fsp3) is 0.933. The first-order valence-corrected chi connectivity index (χ1v) is 21.5. The van der Waals surface area contributed by atoms with Crippen LogP contribution < -0.4 is 10.6 Å². The normalized spacial score (nSPS) is 16.8. The molecule has 0 rings (SSSR count). The van der Waals surface area contributed by atoms with Gasteiger partial charge in [-0.3, -0.25) is 9.59 Å². The maximum atomic E-state index is 11.8. The largest absolute Gasteiger partial charge is 0.500 e. The predicted molar refractivity (Wildman–Crippen MR) is 188 cm³/mol. The molecule has 0 aromatic rings. The van der Waals surface area contributed by atoms with Gasteiger partial charge in [0.1, 0.15) is 36.6 Å². The molecule has 52 heavy (non-hydrogen) atoms. The Morgan fingerprint density at radius 1 is 0.481 bits per heavy atom. The highest BCUT2D eigenvalue weighted by atomic mass is 28.4. The monoisotopic (exact) mass is 798 g/mol. The molecule has 22 heteroatoms. The van der Waals surface area contributed by atoms with E-state index in [2.05, 4.69) is 10.6 Å². The molecule has 0 heterocycles. The quantitative estimate of drug-likeness (QED) is 0.0243. The van der Waals surface area contributed by atoms with E-state index < -0.39 is 91.5 Å². The second-order valence-electron chi connectivity index (χ2n) is 11.1. The number of hydrogen-bond donors (Lipinski definition) is 12. The molecular weight excluding hydrogens is 732 g/mol. The Hall–Kier alpha value is -1.27. The fourth-order valence-electron chi connectivity index (χ4n) is 4.60. The number of carbonyl (C=O) groups excluding carboxylic acids is 2. The molecule has 0 saturated carbocycles.